The van der Waals surface area contributed by atoms with Crippen LogP contribution in [0.3, 0.4) is 0 Å². The summed E-state index contributed by atoms with van der Waals surface area (Å²) in [5.74, 6) is -2.59. The molecule has 1 aromatic heterocycles. The van der Waals surface area contributed by atoms with E-state index in [-0.39, 0.29) is 37.8 Å². The Morgan fingerprint density at radius 3 is 2.20 bits per heavy atom. The van der Waals surface area contributed by atoms with Crippen molar-refractivity contribution in [3.05, 3.63) is 18.2 Å². The highest BCUT2D eigenvalue weighted by molar-refractivity contribution is 5.96. The zero-order chi connectivity index (χ0) is 29.2. The van der Waals surface area contributed by atoms with Crippen LogP contribution in [0.1, 0.15) is 44.2 Å². The number of hydrogen-bond acceptors (Lipinski definition) is 8. The van der Waals surface area contributed by atoms with Crippen molar-refractivity contribution in [2.24, 2.45) is 27.9 Å². The van der Waals surface area contributed by atoms with E-state index in [0.29, 0.717) is 50.9 Å². The van der Waals surface area contributed by atoms with Crippen molar-refractivity contribution in [2.45, 2.75) is 69.1 Å². The van der Waals surface area contributed by atoms with Crippen LogP contribution in [0.2, 0.25) is 0 Å². The smallest absolute Gasteiger partial charge is 0.245 e. The van der Waals surface area contributed by atoms with Gasteiger partial charge in [-0.15, -0.1) is 0 Å². The Balaban J connectivity index is 1.72. The summed E-state index contributed by atoms with van der Waals surface area (Å²) in [5, 5.41) is 5.44. The fourth-order valence-electron chi connectivity index (χ4n) is 5.09. The number of aromatic amines is 1. The first kappa shape index (κ1) is 30.3. The lowest BCUT2D eigenvalue weighted by molar-refractivity contribution is -0.143. The van der Waals surface area contributed by atoms with Crippen LogP contribution < -0.4 is 33.6 Å². The third-order valence-corrected chi connectivity index (χ3v) is 7.09. The van der Waals surface area contributed by atoms with Gasteiger partial charge in [-0.2, -0.15) is 0 Å². The van der Waals surface area contributed by atoms with E-state index in [9.17, 15) is 24.0 Å². The highest BCUT2D eigenvalue weighted by atomic mass is 16.2. The fraction of sp³-hybridized carbons (Fsp3) is 0.625. The SMILES string of the molecule is NCC(=O)N1CCC[C@H]1C(=O)N[C@@H](CCCN=C(N)N)C(=O)N1CCC[C@H]1C(=O)N[C@@H](Cc1cnc[nH]1)C(N)=O. The molecule has 0 saturated carbocycles. The Bertz CT molecular complexity index is 1090. The molecule has 0 aliphatic carbocycles. The highest BCUT2D eigenvalue weighted by Gasteiger charge is 2.40. The van der Waals surface area contributed by atoms with E-state index in [1.165, 1.54) is 22.3 Å². The van der Waals surface area contributed by atoms with Crippen LogP contribution in [0.15, 0.2) is 17.5 Å². The molecule has 11 N–H and O–H groups in total. The lowest BCUT2D eigenvalue weighted by Gasteiger charge is -2.31. The molecule has 2 fully saturated rings. The second kappa shape index (κ2) is 14.3. The van der Waals surface area contributed by atoms with Crippen LogP contribution in [-0.2, 0) is 30.4 Å². The maximum atomic E-state index is 13.7. The van der Waals surface area contributed by atoms with Gasteiger partial charge in [0.1, 0.15) is 24.2 Å². The van der Waals surface area contributed by atoms with Gasteiger partial charge in [0.15, 0.2) is 5.96 Å². The molecule has 220 valence electrons. The number of guanidine groups is 1. The number of rotatable bonds is 13. The van der Waals surface area contributed by atoms with Crippen molar-refractivity contribution >= 4 is 35.5 Å². The molecule has 4 atom stereocenters. The van der Waals surface area contributed by atoms with Crippen molar-refractivity contribution in [1.29, 1.82) is 0 Å². The number of nitrogens with two attached hydrogens (primary N) is 4. The summed E-state index contributed by atoms with van der Waals surface area (Å²) < 4.78 is 0. The minimum Gasteiger partial charge on any atom is -0.370 e. The lowest BCUT2D eigenvalue weighted by atomic mass is 10.1. The average molecular weight is 562 g/mol. The van der Waals surface area contributed by atoms with E-state index in [0.717, 1.165) is 0 Å². The van der Waals surface area contributed by atoms with Gasteiger partial charge in [-0.05, 0) is 38.5 Å². The second-order valence-corrected chi connectivity index (χ2v) is 9.89. The predicted molar refractivity (Wildman–Crippen MR) is 144 cm³/mol. The zero-order valence-electron chi connectivity index (χ0n) is 22.4. The number of H-pyrrole nitrogens is 1. The Kier molecular flexibility index (Phi) is 10.8. The Morgan fingerprint density at radius 2 is 1.62 bits per heavy atom. The zero-order valence-corrected chi connectivity index (χ0v) is 22.4. The molecule has 40 heavy (non-hydrogen) atoms. The Morgan fingerprint density at radius 1 is 1.00 bits per heavy atom. The molecule has 2 saturated heterocycles. The summed E-state index contributed by atoms with van der Waals surface area (Å²) >= 11 is 0. The average Bonchev–Trinajstić information content (AvgIpc) is 3.70. The predicted octanol–water partition coefficient (Wildman–Crippen LogP) is -3.60. The molecular formula is C24H39N11O5. The standard InChI is InChI=1S/C24H39N11O5/c25-11-19(36)34-8-2-5-17(34)21(38)32-15(4-1-7-30-24(27)28)23(40)35-9-3-6-18(35)22(39)33-16(20(26)37)10-14-12-29-13-31-14/h12-13,15-18H,1-11,25H2,(H2,26,37)(H,29,31)(H,32,38)(H,33,39)(H4,27,28,30)/t15-,16-,17-,18-/m0/s1. The first-order valence-electron chi connectivity index (χ1n) is 13.3. The number of amides is 5. The summed E-state index contributed by atoms with van der Waals surface area (Å²) in [7, 11) is 0. The molecule has 0 spiro atoms. The maximum absolute atomic E-state index is 13.7. The number of carbonyl (C=O) groups excluding carboxylic acids is 5. The van der Waals surface area contributed by atoms with Crippen LogP contribution in [0, 0.1) is 0 Å². The quantitative estimate of drug-likeness (QED) is 0.0711. The molecule has 5 amide bonds. The van der Waals surface area contributed by atoms with Crippen LogP contribution in [0.4, 0.5) is 0 Å². The molecule has 16 heteroatoms. The van der Waals surface area contributed by atoms with Crippen molar-refractivity contribution < 1.29 is 24.0 Å². The molecule has 16 nitrogen and oxygen atoms in total. The summed E-state index contributed by atoms with van der Waals surface area (Å²) in [6.45, 7) is 0.717. The number of nitrogens with one attached hydrogen (secondary N) is 3. The molecule has 0 bridgehead atoms. The number of carbonyl (C=O) groups is 5. The van der Waals surface area contributed by atoms with Gasteiger partial charge in [0.2, 0.25) is 29.5 Å². The summed E-state index contributed by atoms with van der Waals surface area (Å²) in [4.78, 5) is 77.9. The van der Waals surface area contributed by atoms with Gasteiger partial charge in [-0.1, -0.05) is 0 Å². The number of aliphatic imine (C=N–C) groups is 1. The first-order chi connectivity index (χ1) is 19.1. The van der Waals surface area contributed by atoms with Gasteiger partial charge < -0.3 is 48.4 Å². The molecular weight excluding hydrogens is 522 g/mol. The van der Waals surface area contributed by atoms with Gasteiger partial charge in [0.25, 0.3) is 0 Å². The molecule has 2 aliphatic rings. The fourth-order valence-corrected chi connectivity index (χ4v) is 5.09. The Labute approximate surface area is 231 Å². The monoisotopic (exact) mass is 561 g/mol. The number of primary amides is 1. The molecule has 1 aromatic rings. The van der Waals surface area contributed by atoms with Crippen LogP contribution in [-0.4, -0.2) is 106 Å². The minimum absolute atomic E-state index is 0.0933. The summed E-state index contributed by atoms with van der Waals surface area (Å²) in [5.41, 5.74) is 22.4. The van der Waals surface area contributed by atoms with E-state index in [1.807, 2.05) is 0 Å². The highest BCUT2D eigenvalue weighted by Crippen LogP contribution is 2.22. The second-order valence-electron chi connectivity index (χ2n) is 9.89. The molecule has 0 aromatic carbocycles. The van der Waals surface area contributed by atoms with Crippen molar-refractivity contribution in [2.75, 3.05) is 26.2 Å². The summed E-state index contributed by atoms with van der Waals surface area (Å²) in [6, 6.07) is -3.58. The molecule has 3 rings (SSSR count). The molecule has 0 unspecified atom stereocenters. The van der Waals surface area contributed by atoms with Gasteiger partial charge in [0, 0.05) is 37.9 Å². The third kappa shape index (κ3) is 7.91. The molecule has 3 heterocycles. The number of hydrogen-bond donors (Lipinski definition) is 7. The lowest BCUT2D eigenvalue weighted by Crippen LogP contribution is -2.58. The van der Waals surface area contributed by atoms with E-state index in [2.05, 4.69) is 25.6 Å². The normalized spacial score (nSPS) is 20.0. The van der Waals surface area contributed by atoms with Crippen LogP contribution in [0.5, 0.6) is 0 Å². The van der Waals surface area contributed by atoms with Crippen molar-refractivity contribution in [3.8, 4) is 0 Å². The number of imidazole rings is 1. The molecule has 0 radical (unpaired) electrons. The minimum atomic E-state index is -1.01. The summed E-state index contributed by atoms with van der Waals surface area (Å²) in [6.07, 6.45) is 5.69. The first-order valence-corrected chi connectivity index (χ1v) is 13.3. The number of aromatic nitrogens is 2. The van der Waals surface area contributed by atoms with Gasteiger partial charge in [-0.3, -0.25) is 29.0 Å². The van der Waals surface area contributed by atoms with Gasteiger partial charge >= 0.3 is 0 Å². The van der Waals surface area contributed by atoms with Crippen LogP contribution in [0.25, 0.3) is 0 Å². The van der Waals surface area contributed by atoms with E-state index < -0.39 is 47.8 Å². The van der Waals surface area contributed by atoms with Crippen molar-refractivity contribution in [3.63, 3.8) is 0 Å². The largest absolute Gasteiger partial charge is 0.370 e. The Hall–Kier alpha value is -4.21. The third-order valence-electron chi connectivity index (χ3n) is 7.09. The van der Waals surface area contributed by atoms with Crippen molar-refractivity contribution in [1.82, 2.24) is 30.4 Å². The van der Waals surface area contributed by atoms with E-state index in [1.54, 1.807) is 0 Å². The number of nitrogens with zero attached hydrogens (tertiary/aromatic N) is 4. The molecule has 2 aliphatic heterocycles. The van der Waals surface area contributed by atoms with E-state index in [4.69, 9.17) is 22.9 Å². The van der Waals surface area contributed by atoms with Gasteiger partial charge in [-0.25, -0.2) is 4.98 Å². The topological polar surface area (TPSA) is 261 Å². The van der Waals surface area contributed by atoms with Gasteiger partial charge in [0.05, 0.1) is 12.9 Å². The van der Waals surface area contributed by atoms with E-state index >= 15 is 0 Å². The number of likely N-dealkylation sites (tertiary alicyclic amines) is 2. The maximum Gasteiger partial charge on any atom is 0.245 e. The van der Waals surface area contributed by atoms with Crippen LogP contribution >= 0.6 is 0 Å².